The lowest BCUT2D eigenvalue weighted by molar-refractivity contribution is -0.221. The van der Waals surface area contributed by atoms with Crippen molar-refractivity contribution in [2.75, 3.05) is 66.0 Å². The van der Waals surface area contributed by atoms with Crippen LogP contribution in [0.2, 0.25) is 0 Å². The summed E-state index contributed by atoms with van der Waals surface area (Å²) in [5.74, 6) is 6.48. The second kappa shape index (κ2) is 18.3. The molecule has 1 aliphatic heterocycles. The van der Waals surface area contributed by atoms with Gasteiger partial charge in [0.05, 0.1) is 71.6 Å². The van der Waals surface area contributed by atoms with Crippen molar-refractivity contribution in [2.24, 2.45) is 11.6 Å². The monoisotopic (exact) mass is 513 g/mol. The first kappa shape index (κ1) is 30.3. The maximum Gasteiger partial charge on any atom is 0.160 e. The molecular formula is C25H43N3O8. The third-order valence-corrected chi connectivity index (χ3v) is 5.27. The summed E-state index contributed by atoms with van der Waals surface area (Å²) in [5.41, 5.74) is 7.30. The first-order chi connectivity index (χ1) is 17.5. The molecule has 0 radical (unpaired) electrons. The van der Waals surface area contributed by atoms with Gasteiger partial charge in [-0.15, -0.1) is 0 Å². The Morgan fingerprint density at radius 1 is 1.00 bits per heavy atom. The molecule has 0 aromatic heterocycles. The van der Waals surface area contributed by atoms with E-state index in [4.69, 9.17) is 40.0 Å². The topological polar surface area (TPSA) is 151 Å². The van der Waals surface area contributed by atoms with Crippen LogP contribution in [-0.2, 0) is 30.1 Å². The fourth-order valence-electron chi connectivity index (χ4n) is 3.49. The van der Waals surface area contributed by atoms with Crippen LogP contribution < -0.4 is 16.3 Å². The minimum Gasteiger partial charge on any atom is -0.491 e. The number of rotatable bonds is 19. The Hall–Kier alpha value is -1.96. The Bertz CT molecular complexity index is 718. The Morgan fingerprint density at radius 3 is 2.28 bits per heavy atom. The normalized spacial score (nSPS) is 20.4. The van der Waals surface area contributed by atoms with Crippen LogP contribution in [0.15, 0.2) is 36.2 Å². The quantitative estimate of drug-likeness (QED) is 0.116. The highest BCUT2D eigenvalue weighted by Gasteiger charge is 2.28. The van der Waals surface area contributed by atoms with Crippen LogP contribution in [0.5, 0.6) is 5.75 Å². The molecule has 1 aromatic carbocycles. The summed E-state index contributed by atoms with van der Waals surface area (Å²) in [6.07, 6.45) is 1.88. The molecule has 1 aliphatic rings. The Labute approximate surface area is 213 Å². The zero-order valence-corrected chi connectivity index (χ0v) is 21.3. The van der Waals surface area contributed by atoms with Gasteiger partial charge in [0.1, 0.15) is 12.4 Å². The first-order valence-electron chi connectivity index (χ1n) is 12.4. The number of ether oxygens (including phenoxy) is 6. The number of nitrogens with two attached hydrogens (primary N) is 2. The maximum absolute atomic E-state index is 9.83. The van der Waals surface area contributed by atoms with E-state index in [0.29, 0.717) is 84.4 Å². The smallest absolute Gasteiger partial charge is 0.160 e. The number of allylic oxidation sites excluding steroid dienone is 1. The lowest BCUT2D eigenvalue weighted by atomic mass is 10.1. The second-order valence-corrected chi connectivity index (χ2v) is 8.56. The van der Waals surface area contributed by atoms with E-state index in [-0.39, 0.29) is 12.7 Å². The Morgan fingerprint density at radius 2 is 1.64 bits per heavy atom. The molecule has 0 aliphatic carbocycles. The summed E-state index contributed by atoms with van der Waals surface area (Å²) in [4.78, 5) is 0. The van der Waals surface area contributed by atoms with Crippen LogP contribution in [0.25, 0.3) is 0 Å². The number of aliphatic hydroxyl groups is 2. The van der Waals surface area contributed by atoms with Crippen LogP contribution >= 0.6 is 0 Å². The molecule has 1 fully saturated rings. The first-order valence-corrected chi connectivity index (χ1v) is 12.4. The Balaban J connectivity index is 1.42. The molecule has 36 heavy (non-hydrogen) atoms. The summed E-state index contributed by atoms with van der Waals surface area (Å²) < 4.78 is 33.4. The van der Waals surface area contributed by atoms with E-state index < -0.39 is 12.4 Å². The largest absolute Gasteiger partial charge is 0.491 e. The predicted molar refractivity (Wildman–Crippen MR) is 134 cm³/mol. The molecule has 1 saturated heterocycles. The third-order valence-electron chi connectivity index (χ3n) is 5.27. The highest BCUT2D eigenvalue weighted by atomic mass is 16.7. The van der Waals surface area contributed by atoms with Crippen LogP contribution in [-0.4, -0.2) is 99.7 Å². The van der Waals surface area contributed by atoms with Gasteiger partial charge in [0.25, 0.3) is 0 Å². The van der Waals surface area contributed by atoms with E-state index in [0.717, 1.165) is 11.3 Å². The van der Waals surface area contributed by atoms with Crippen LogP contribution in [0.3, 0.4) is 0 Å². The molecule has 0 bridgehead atoms. The fraction of sp³-hybridized carbons (Fsp3) is 0.680. The SMILES string of the molecule is C/C(N)=C/N(N)CCOCCOCCOCCOc1ccc(CCOC2CC(O)CC(CO)O2)cc1. The molecule has 206 valence electrons. The van der Waals surface area contributed by atoms with Gasteiger partial charge in [-0.05, 0) is 31.0 Å². The number of nitrogens with zero attached hydrogens (tertiary/aromatic N) is 1. The predicted octanol–water partition coefficient (Wildman–Crippen LogP) is 0.528. The van der Waals surface area contributed by atoms with Gasteiger partial charge in [-0.25, -0.2) is 5.84 Å². The second-order valence-electron chi connectivity index (χ2n) is 8.56. The van der Waals surface area contributed by atoms with Gasteiger partial charge in [0, 0.05) is 24.7 Å². The van der Waals surface area contributed by atoms with Crippen molar-refractivity contribution in [1.29, 1.82) is 0 Å². The van der Waals surface area contributed by atoms with Crippen LogP contribution in [0.4, 0.5) is 0 Å². The number of aliphatic hydroxyl groups excluding tert-OH is 2. The van der Waals surface area contributed by atoms with Gasteiger partial charge < -0.3 is 49.4 Å². The van der Waals surface area contributed by atoms with Crippen LogP contribution in [0, 0.1) is 0 Å². The standard InChI is InChI=1S/C25H43N3O8/c1-20(26)18-28(27)7-9-31-10-11-32-12-13-33-14-15-34-23-4-2-21(3-5-23)6-8-35-25-17-22(30)16-24(19-29)36-25/h2-5,18,22,24-25,29-30H,6-17,19,26-27H2,1H3/b20-18-. The van der Waals surface area contributed by atoms with Crippen molar-refractivity contribution < 1.29 is 38.6 Å². The van der Waals surface area contributed by atoms with E-state index in [2.05, 4.69) is 0 Å². The maximum atomic E-state index is 9.83. The number of benzene rings is 1. The van der Waals surface area contributed by atoms with E-state index in [1.807, 2.05) is 24.3 Å². The molecule has 11 heteroatoms. The minimum atomic E-state index is -0.503. The number of hydrogen-bond acceptors (Lipinski definition) is 11. The van der Waals surface area contributed by atoms with Gasteiger partial charge >= 0.3 is 0 Å². The average molecular weight is 514 g/mol. The molecule has 3 atom stereocenters. The summed E-state index contributed by atoms with van der Waals surface area (Å²) in [7, 11) is 0. The summed E-state index contributed by atoms with van der Waals surface area (Å²) in [5, 5.41) is 20.5. The van der Waals surface area contributed by atoms with Crippen LogP contribution in [0.1, 0.15) is 25.3 Å². The van der Waals surface area contributed by atoms with Gasteiger partial charge in [0.15, 0.2) is 6.29 Å². The molecule has 0 amide bonds. The molecule has 1 aromatic rings. The van der Waals surface area contributed by atoms with Crippen molar-refractivity contribution in [3.63, 3.8) is 0 Å². The summed E-state index contributed by atoms with van der Waals surface area (Å²) in [6, 6.07) is 7.81. The molecule has 0 saturated carbocycles. The lowest BCUT2D eigenvalue weighted by Crippen LogP contribution is -2.39. The van der Waals surface area contributed by atoms with E-state index in [1.165, 1.54) is 5.01 Å². The molecule has 11 nitrogen and oxygen atoms in total. The average Bonchev–Trinajstić information content (AvgIpc) is 2.84. The molecule has 2 rings (SSSR count). The molecule has 6 N–H and O–H groups in total. The van der Waals surface area contributed by atoms with Gasteiger partial charge in [-0.3, -0.25) is 0 Å². The van der Waals surface area contributed by atoms with E-state index in [9.17, 15) is 10.2 Å². The van der Waals surface area contributed by atoms with Crippen molar-refractivity contribution in [1.82, 2.24) is 5.01 Å². The Kier molecular flexibility index (Phi) is 15.4. The minimum absolute atomic E-state index is 0.115. The van der Waals surface area contributed by atoms with E-state index in [1.54, 1.807) is 13.1 Å². The van der Waals surface area contributed by atoms with Crippen molar-refractivity contribution >= 4 is 0 Å². The number of hydrazine groups is 1. The van der Waals surface area contributed by atoms with Gasteiger partial charge in [0.2, 0.25) is 0 Å². The fourth-order valence-corrected chi connectivity index (χ4v) is 3.49. The molecule has 0 spiro atoms. The van der Waals surface area contributed by atoms with E-state index >= 15 is 0 Å². The van der Waals surface area contributed by atoms with Gasteiger partial charge in [-0.2, -0.15) is 0 Å². The zero-order chi connectivity index (χ0) is 26.0. The molecule has 3 unspecified atom stereocenters. The van der Waals surface area contributed by atoms with Crippen molar-refractivity contribution in [3.05, 3.63) is 41.7 Å². The van der Waals surface area contributed by atoms with Crippen molar-refractivity contribution in [2.45, 2.75) is 44.7 Å². The third kappa shape index (κ3) is 14.0. The highest BCUT2D eigenvalue weighted by molar-refractivity contribution is 5.27. The molecule has 1 heterocycles. The number of hydrogen-bond donors (Lipinski definition) is 4. The lowest BCUT2D eigenvalue weighted by Gasteiger charge is -2.32. The molecular weight excluding hydrogens is 470 g/mol. The summed E-state index contributed by atoms with van der Waals surface area (Å²) in [6.45, 7) is 6.07. The zero-order valence-electron chi connectivity index (χ0n) is 21.3. The highest BCUT2D eigenvalue weighted by Crippen LogP contribution is 2.20. The van der Waals surface area contributed by atoms with Gasteiger partial charge in [-0.1, -0.05) is 12.1 Å². The van der Waals surface area contributed by atoms with Crippen molar-refractivity contribution in [3.8, 4) is 5.75 Å². The summed E-state index contributed by atoms with van der Waals surface area (Å²) >= 11 is 0.